The van der Waals surface area contributed by atoms with E-state index < -0.39 is 11.6 Å². The summed E-state index contributed by atoms with van der Waals surface area (Å²) in [5, 5.41) is 3.38. The molecule has 3 rings (SSSR count). The maximum absolute atomic E-state index is 13.2. The number of rotatable bonds is 2. The summed E-state index contributed by atoms with van der Waals surface area (Å²) in [7, 11) is 0. The van der Waals surface area contributed by atoms with Gasteiger partial charge in [-0.3, -0.25) is 0 Å². The molecule has 0 bridgehead atoms. The molecule has 0 aromatic heterocycles. The molecule has 0 aliphatic heterocycles. The summed E-state index contributed by atoms with van der Waals surface area (Å²) in [6, 6.07) is 4.52. The topological polar surface area (TPSA) is 12.0 Å². The van der Waals surface area contributed by atoms with Crippen LogP contribution in [0.25, 0.3) is 0 Å². The molecule has 3 unspecified atom stereocenters. The first kappa shape index (κ1) is 12.9. The smallest absolute Gasteiger partial charge is 0.160 e. The Morgan fingerprint density at radius 2 is 1.68 bits per heavy atom. The number of anilines is 1. The predicted octanol–water partition coefficient (Wildman–Crippen LogP) is 4.74. The molecule has 1 N–H and O–H groups in total. The van der Waals surface area contributed by atoms with Crippen molar-refractivity contribution in [3.8, 4) is 0 Å². The van der Waals surface area contributed by atoms with Crippen molar-refractivity contribution in [2.45, 2.75) is 51.0 Å². The van der Waals surface area contributed by atoms with E-state index in [1.165, 1.54) is 50.7 Å². The largest absolute Gasteiger partial charge is 0.382 e. The third kappa shape index (κ3) is 2.90. The first-order chi connectivity index (χ1) is 9.22. The van der Waals surface area contributed by atoms with Gasteiger partial charge in [-0.2, -0.15) is 0 Å². The molecule has 19 heavy (non-hydrogen) atoms. The lowest BCUT2D eigenvalue weighted by atomic mass is 9.69. The van der Waals surface area contributed by atoms with Crippen LogP contribution in [0.4, 0.5) is 14.5 Å². The Morgan fingerprint density at radius 1 is 0.895 bits per heavy atom. The molecule has 2 aliphatic rings. The fraction of sp³-hybridized carbons (Fsp3) is 0.625. The first-order valence-electron chi connectivity index (χ1n) is 7.44. The van der Waals surface area contributed by atoms with Gasteiger partial charge in [0.2, 0.25) is 0 Å². The zero-order valence-corrected chi connectivity index (χ0v) is 11.2. The van der Waals surface area contributed by atoms with E-state index >= 15 is 0 Å². The summed E-state index contributed by atoms with van der Waals surface area (Å²) < 4.78 is 26.1. The van der Waals surface area contributed by atoms with E-state index in [4.69, 9.17) is 0 Å². The standard InChI is InChI=1S/C16H21F2N/c17-15-8-7-14(10-16(15)18)19-13-6-5-11-3-1-2-4-12(11)9-13/h7-8,10-13,19H,1-6,9H2. The van der Waals surface area contributed by atoms with E-state index in [0.29, 0.717) is 11.7 Å². The molecule has 2 saturated carbocycles. The summed E-state index contributed by atoms with van der Waals surface area (Å²) >= 11 is 0. The van der Waals surface area contributed by atoms with E-state index in [0.717, 1.165) is 18.3 Å². The molecule has 0 heterocycles. The molecule has 1 aromatic rings. The minimum Gasteiger partial charge on any atom is -0.382 e. The van der Waals surface area contributed by atoms with E-state index in [1.807, 2.05) is 0 Å². The van der Waals surface area contributed by atoms with E-state index in [9.17, 15) is 8.78 Å². The van der Waals surface area contributed by atoms with Gasteiger partial charge in [0.25, 0.3) is 0 Å². The van der Waals surface area contributed by atoms with Crippen LogP contribution in [0, 0.1) is 23.5 Å². The Bertz CT molecular complexity index is 446. The molecule has 0 saturated heterocycles. The highest BCUT2D eigenvalue weighted by Crippen LogP contribution is 2.41. The predicted molar refractivity (Wildman–Crippen MR) is 73.1 cm³/mol. The average molecular weight is 265 g/mol. The Kier molecular flexibility index (Phi) is 3.72. The van der Waals surface area contributed by atoms with E-state index in [2.05, 4.69) is 5.32 Å². The quantitative estimate of drug-likeness (QED) is 0.814. The second-order valence-electron chi connectivity index (χ2n) is 6.09. The summed E-state index contributed by atoms with van der Waals surface area (Å²) in [4.78, 5) is 0. The summed E-state index contributed by atoms with van der Waals surface area (Å²) in [5.41, 5.74) is 0.707. The Hall–Kier alpha value is -1.12. The molecule has 2 aliphatic carbocycles. The number of halogens is 2. The van der Waals surface area contributed by atoms with Gasteiger partial charge >= 0.3 is 0 Å². The molecule has 0 spiro atoms. The van der Waals surface area contributed by atoms with Gasteiger partial charge in [0.15, 0.2) is 11.6 Å². The summed E-state index contributed by atoms with van der Waals surface area (Å²) in [6.07, 6.45) is 9.11. The average Bonchev–Trinajstić information content (AvgIpc) is 2.43. The molecular formula is C16H21F2N. The highest BCUT2D eigenvalue weighted by atomic mass is 19.2. The van der Waals surface area contributed by atoms with Crippen molar-refractivity contribution in [3.63, 3.8) is 0 Å². The van der Waals surface area contributed by atoms with Crippen LogP contribution in [-0.2, 0) is 0 Å². The lowest BCUT2D eigenvalue weighted by Gasteiger charge is -2.39. The van der Waals surface area contributed by atoms with Crippen LogP contribution in [0.2, 0.25) is 0 Å². The zero-order valence-electron chi connectivity index (χ0n) is 11.2. The molecule has 2 fully saturated rings. The van der Waals surface area contributed by atoms with Gasteiger partial charge in [-0.15, -0.1) is 0 Å². The third-order valence-electron chi connectivity index (χ3n) is 4.83. The molecule has 3 heteroatoms. The number of fused-ring (bicyclic) bond motifs is 1. The molecule has 1 aromatic carbocycles. The summed E-state index contributed by atoms with van der Waals surface area (Å²) in [5.74, 6) is 0.208. The minimum atomic E-state index is -0.776. The monoisotopic (exact) mass is 265 g/mol. The van der Waals surface area contributed by atoms with Crippen LogP contribution in [0.3, 0.4) is 0 Å². The van der Waals surface area contributed by atoms with Crippen LogP contribution in [0.15, 0.2) is 18.2 Å². The Labute approximate surface area is 113 Å². The highest BCUT2D eigenvalue weighted by Gasteiger charge is 2.32. The number of hydrogen-bond acceptors (Lipinski definition) is 1. The maximum atomic E-state index is 13.2. The van der Waals surface area contributed by atoms with Gasteiger partial charge in [0.1, 0.15) is 0 Å². The van der Waals surface area contributed by atoms with Gasteiger partial charge in [-0.25, -0.2) is 8.78 Å². The van der Waals surface area contributed by atoms with Crippen molar-refractivity contribution in [2.24, 2.45) is 11.8 Å². The fourth-order valence-corrected chi connectivity index (χ4v) is 3.83. The van der Waals surface area contributed by atoms with Crippen LogP contribution in [0.5, 0.6) is 0 Å². The molecule has 104 valence electrons. The second-order valence-corrected chi connectivity index (χ2v) is 6.09. The molecular weight excluding hydrogens is 244 g/mol. The first-order valence-corrected chi connectivity index (χ1v) is 7.44. The fourth-order valence-electron chi connectivity index (χ4n) is 3.83. The molecule has 0 amide bonds. The Balaban J connectivity index is 1.62. The van der Waals surface area contributed by atoms with Gasteiger partial charge in [-0.1, -0.05) is 25.7 Å². The third-order valence-corrected chi connectivity index (χ3v) is 4.83. The van der Waals surface area contributed by atoms with Crippen LogP contribution in [0.1, 0.15) is 44.9 Å². The van der Waals surface area contributed by atoms with Crippen molar-refractivity contribution in [2.75, 3.05) is 5.32 Å². The second kappa shape index (κ2) is 5.48. The number of nitrogens with one attached hydrogen (secondary N) is 1. The molecule has 1 nitrogen and oxygen atoms in total. The van der Waals surface area contributed by atoms with Gasteiger partial charge < -0.3 is 5.32 Å². The van der Waals surface area contributed by atoms with Crippen molar-refractivity contribution in [3.05, 3.63) is 29.8 Å². The maximum Gasteiger partial charge on any atom is 0.160 e. The zero-order chi connectivity index (χ0) is 13.2. The number of hydrogen-bond donors (Lipinski definition) is 1. The van der Waals surface area contributed by atoms with E-state index in [-0.39, 0.29) is 0 Å². The van der Waals surface area contributed by atoms with E-state index in [1.54, 1.807) is 6.07 Å². The minimum absolute atomic E-state index is 0.421. The van der Waals surface area contributed by atoms with Gasteiger partial charge in [0, 0.05) is 17.8 Å². The SMILES string of the molecule is Fc1ccc(NC2CCC3CCCCC3C2)cc1F. The normalized spacial score (nSPS) is 30.7. The van der Waals surface area contributed by atoms with Crippen LogP contribution in [-0.4, -0.2) is 6.04 Å². The Morgan fingerprint density at radius 3 is 2.47 bits per heavy atom. The van der Waals surface area contributed by atoms with Crippen LogP contribution >= 0.6 is 0 Å². The van der Waals surface area contributed by atoms with Gasteiger partial charge in [0.05, 0.1) is 0 Å². The highest BCUT2D eigenvalue weighted by molar-refractivity contribution is 5.44. The molecule has 0 radical (unpaired) electrons. The molecule has 3 atom stereocenters. The lowest BCUT2D eigenvalue weighted by Crippen LogP contribution is -2.34. The van der Waals surface area contributed by atoms with Crippen molar-refractivity contribution in [1.82, 2.24) is 0 Å². The number of benzene rings is 1. The van der Waals surface area contributed by atoms with Crippen molar-refractivity contribution >= 4 is 5.69 Å². The lowest BCUT2D eigenvalue weighted by molar-refractivity contribution is 0.162. The van der Waals surface area contributed by atoms with Crippen LogP contribution < -0.4 is 5.32 Å². The van der Waals surface area contributed by atoms with Gasteiger partial charge in [-0.05, 0) is 43.2 Å². The van der Waals surface area contributed by atoms with Crippen molar-refractivity contribution in [1.29, 1.82) is 0 Å². The van der Waals surface area contributed by atoms with Crippen molar-refractivity contribution < 1.29 is 8.78 Å². The summed E-state index contributed by atoms with van der Waals surface area (Å²) in [6.45, 7) is 0.